The summed E-state index contributed by atoms with van der Waals surface area (Å²) in [7, 11) is 0. The summed E-state index contributed by atoms with van der Waals surface area (Å²) < 4.78 is 0. The van der Waals surface area contributed by atoms with Gasteiger partial charge in [0.25, 0.3) is 0 Å². The number of rotatable bonds is 5. The summed E-state index contributed by atoms with van der Waals surface area (Å²) in [5.41, 5.74) is 0.564. The predicted octanol–water partition coefficient (Wildman–Crippen LogP) is 2.60. The monoisotopic (exact) mass is 220 g/mol. The van der Waals surface area contributed by atoms with Crippen molar-refractivity contribution in [2.45, 2.75) is 39.5 Å². The van der Waals surface area contributed by atoms with Crippen molar-refractivity contribution < 1.29 is 29.4 Å². The van der Waals surface area contributed by atoms with Gasteiger partial charge >= 0.3 is 5.97 Å². The first kappa shape index (κ1) is 14.4. The number of unbranched alkanes of at least 4 members (excludes halogenated alkanes) is 1. The van der Waals surface area contributed by atoms with Gasteiger partial charge in [0.05, 0.1) is 0 Å². The topological polar surface area (TPSA) is 37.3 Å². The smallest absolute Gasteiger partial charge is 0.331 e. The molecule has 0 rings (SSSR count). The molecule has 0 unspecified atom stereocenters. The van der Waals surface area contributed by atoms with Gasteiger partial charge in [0.15, 0.2) is 0 Å². The number of allylic oxidation sites excluding steroid dienone is 1. The zero-order chi connectivity index (χ0) is 8.69. The molecule has 0 spiro atoms. The van der Waals surface area contributed by atoms with E-state index in [1.165, 1.54) is 0 Å². The van der Waals surface area contributed by atoms with Gasteiger partial charge in [-0.25, -0.2) is 4.79 Å². The molecule has 0 aliphatic rings. The van der Waals surface area contributed by atoms with E-state index in [0.29, 0.717) is 12.0 Å². The van der Waals surface area contributed by atoms with Crippen molar-refractivity contribution in [3.63, 3.8) is 0 Å². The molecule has 1 N–H and O–H groups in total. The molecule has 12 heavy (non-hydrogen) atoms. The summed E-state index contributed by atoms with van der Waals surface area (Å²) in [5.74, 6) is -0.764. The Labute approximate surface area is 86.8 Å². The molecule has 0 aromatic heterocycles. The van der Waals surface area contributed by atoms with Crippen molar-refractivity contribution in [3.8, 4) is 0 Å². The number of carboxylic acid groups (broad SMARTS) is 1. The molecule has 0 saturated carbocycles. The van der Waals surface area contributed by atoms with Crippen LogP contribution in [0.3, 0.4) is 0 Å². The number of carbonyl (C=O) groups is 1. The van der Waals surface area contributed by atoms with Crippen molar-refractivity contribution in [2.24, 2.45) is 0 Å². The maximum absolute atomic E-state index is 10.5. The van der Waals surface area contributed by atoms with Gasteiger partial charge in [-0.2, -0.15) is 0 Å². The van der Waals surface area contributed by atoms with E-state index in [4.69, 9.17) is 5.11 Å². The van der Waals surface area contributed by atoms with Crippen LogP contribution in [0, 0.1) is 0 Å². The average Bonchev–Trinajstić information content (AvgIpc) is 1.97. The van der Waals surface area contributed by atoms with Gasteiger partial charge in [-0.05, 0) is 12.8 Å². The van der Waals surface area contributed by atoms with E-state index < -0.39 is 5.97 Å². The molecule has 0 aromatic carbocycles. The summed E-state index contributed by atoms with van der Waals surface area (Å²) in [5, 5.41) is 8.66. The second-order valence-electron chi connectivity index (χ2n) is 2.57. The van der Waals surface area contributed by atoms with Crippen molar-refractivity contribution in [1.82, 2.24) is 0 Å². The molecular weight excluding hydrogens is 205 g/mol. The predicted molar refractivity (Wildman–Crippen MR) is 45.5 cm³/mol. The largest absolute Gasteiger partial charge is 0.478 e. The van der Waals surface area contributed by atoms with E-state index in [9.17, 15) is 4.79 Å². The third-order valence-corrected chi connectivity index (χ3v) is 1.47. The Morgan fingerprint density at radius 3 is 2.25 bits per heavy atom. The minimum absolute atomic E-state index is 0. The van der Waals surface area contributed by atoms with Crippen LogP contribution in [-0.4, -0.2) is 11.1 Å². The second kappa shape index (κ2) is 8.93. The molecule has 0 bridgehead atoms. The molecule has 0 aliphatic heterocycles. The normalized spacial score (nSPS) is 10.7. The van der Waals surface area contributed by atoms with Crippen LogP contribution in [0.5, 0.6) is 0 Å². The fraction of sp³-hybridized carbons (Fsp3) is 0.667. The van der Waals surface area contributed by atoms with Gasteiger partial charge in [0, 0.05) is 25.1 Å². The number of hydrogen-bond acceptors (Lipinski definition) is 1. The number of carboxylic acids is 1. The average molecular weight is 222 g/mol. The molecule has 0 amide bonds. The van der Waals surface area contributed by atoms with Crippen molar-refractivity contribution in [2.75, 3.05) is 0 Å². The molecule has 66 valence electrons. The molecule has 0 saturated heterocycles. The van der Waals surface area contributed by atoms with Crippen LogP contribution in [0.15, 0.2) is 11.6 Å². The molecule has 2 nitrogen and oxygen atoms in total. The van der Waals surface area contributed by atoms with Crippen LogP contribution in [0.4, 0.5) is 0 Å². The Bertz CT molecular complexity index is 153. The van der Waals surface area contributed by atoms with Crippen LogP contribution in [0.1, 0.15) is 39.5 Å². The fourth-order valence-corrected chi connectivity index (χ4v) is 0.884. The third kappa shape index (κ3) is 6.54. The number of aliphatic carboxylic acids is 1. The first-order chi connectivity index (χ1) is 5.22. The number of hydrogen-bond donors (Lipinski definition) is 1. The minimum atomic E-state index is -0.764. The van der Waals surface area contributed by atoms with Gasteiger partial charge in [-0.3, -0.25) is 0 Å². The molecular formula is C9H16O2Zn. The van der Waals surface area contributed by atoms with E-state index in [1.807, 2.05) is 19.9 Å². The van der Waals surface area contributed by atoms with Crippen molar-refractivity contribution in [1.29, 1.82) is 0 Å². The molecule has 0 aromatic rings. The fourth-order valence-electron chi connectivity index (χ4n) is 0.884. The molecule has 0 aliphatic carbocycles. The maximum atomic E-state index is 10.5. The summed E-state index contributed by atoms with van der Waals surface area (Å²) in [6.07, 6.45) is 5.31. The standard InChI is InChI=1S/C9H16O2.Zn/c1-3-5-7-8(6-4-2)9(10)11;/h7H,3-6H2,1-2H3,(H,10,11);. The Kier molecular flexibility index (Phi) is 10.7. The van der Waals surface area contributed by atoms with Gasteiger partial charge in [-0.1, -0.05) is 32.8 Å². The first-order valence-corrected chi connectivity index (χ1v) is 4.14. The summed E-state index contributed by atoms with van der Waals surface area (Å²) >= 11 is 0. The summed E-state index contributed by atoms with van der Waals surface area (Å²) in [6, 6.07) is 0. The maximum Gasteiger partial charge on any atom is 0.331 e. The van der Waals surface area contributed by atoms with Crippen LogP contribution < -0.4 is 0 Å². The third-order valence-electron chi connectivity index (χ3n) is 1.47. The van der Waals surface area contributed by atoms with Crippen molar-refractivity contribution >= 4 is 5.97 Å². The van der Waals surface area contributed by atoms with Crippen LogP contribution in [-0.2, 0) is 24.3 Å². The molecule has 0 radical (unpaired) electrons. The zero-order valence-corrected chi connectivity index (χ0v) is 10.9. The van der Waals surface area contributed by atoms with Gasteiger partial charge < -0.3 is 5.11 Å². The van der Waals surface area contributed by atoms with Crippen LogP contribution in [0.25, 0.3) is 0 Å². The summed E-state index contributed by atoms with van der Waals surface area (Å²) in [6.45, 7) is 4.03. The van der Waals surface area contributed by atoms with E-state index in [1.54, 1.807) is 0 Å². The van der Waals surface area contributed by atoms with E-state index >= 15 is 0 Å². The van der Waals surface area contributed by atoms with E-state index in [0.717, 1.165) is 19.3 Å². The van der Waals surface area contributed by atoms with Gasteiger partial charge in [-0.15, -0.1) is 0 Å². The molecule has 0 heterocycles. The molecule has 0 atom stereocenters. The van der Waals surface area contributed by atoms with E-state index in [2.05, 4.69) is 0 Å². The first-order valence-electron chi connectivity index (χ1n) is 4.14. The van der Waals surface area contributed by atoms with Gasteiger partial charge in [0.2, 0.25) is 0 Å². The minimum Gasteiger partial charge on any atom is -0.478 e. The van der Waals surface area contributed by atoms with Gasteiger partial charge in [0.1, 0.15) is 0 Å². The Morgan fingerprint density at radius 1 is 1.33 bits per heavy atom. The SMILES string of the molecule is CCCC=C(CCC)C(=O)O.[Zn]. The quantitative estimate of drug-likeness (QED) is 0.572. The van der Waals surface area contributed by atoms with E-state index in [-0.39, 0.29) is 19.5 Å². The molecule has 3 heteroatoms. The van der Waals surface area contributed by atoms with Crippen molar-refractivity contribution in [3.05, 3.63) is 11.6 Å². The Balaban J connectivity index is 0. The second-order valence-corrected chi connectivity index (χ2v) is 2.57. The zero-order valence-electron chi connectivity index (χ0n) is 7.97. The Hall–Kier alpha value is -0.167. The molecule has 0 fully saturated rings. The van der Waals surface area contributed by atoms with Crippen LogP contribution in [0.2, 0.25) is 0 Å². The summed E-state index contributed by atoms with van der Waals surface area (Å²) in [4.78, 5) is 10.5. The Morgan fingerprint density at radius 2 is 1.92 bits per heavy atom. The van der Waals surface area contributed by atoms with Crippen LogP contribution >= 0.6 is 0 Å².